The highest BCUT2D eigenvalue weighted by Gasteiger charge is 2.31. The van der Waals surface area contributed by atoms with Crippen molar-refractivity contribution in [1.29, 1.82) is 0 Å². The highest BCUT2D eigenvalue weighted by molar-refractivity contribution is 5.05. The van der Waals surface area contributed by atoms with E-state index in [9.17, 15) is 5.11 Å². The second-order valence-electron chi connectivity index (χ2n) is 3.30. The Labute approximate surface area is 72.0 Å². The lowest BCUT2D eigenvalue weighted by molar-refractivity contribution is 0.0233. The first-order valence-electron chi connectivity index (χ1n) is 3.92. The summed E-state index contributed by atoms with van der Waals surface area (Å²) in [6.45, 7) is 3.43. The van der Waals surface area contributed by atoms with Gasteiger partial charge in [0.05, 0.1) is 0 Å². The Morgan fingerprint density at radius 3 is 2.67 bits per heavy atom. The molecule has 0 aliphatic rings. The van der Waals surface area contributed by atoms with Crippen molar-refractivity contribution in [3.63, 3.8) is 0 Å². The molecule has 3 N–H and O–H groups in total. The standard InChI is InChI=1S/C8H15N3O/c1-6(9)8(2,12)7-10-4-5-11(7)3/h4-6,12H,9H2,1-3H3. The smallest absolute Gasteiger partial charge is 0.141 e. The van der Waals surface area contributed by atoms with Gasteiger partial charge in [0.25, 0.3) is 0 Å². The maximum Gasteiger partial charge on any atom is 0.141 e. The van der Waals surface area contributed by atoms with Crippen molar-refractivity contribution in [3.05, 3.63) is 18.2 Å². The summed E-state index contributed by atoms with van der Waals surface area (Å²) < 4.78 is 1.77. The van der Waals surface area contributed by atoms with Gasteiger partial charge >= 0.3 is 0 Å². The average molecular weight is 169 g/mol. The molecular weight excluding hydrogens is 154 g/mol. The normalized spacial score (nSPS) is 18.8. The third-order valence-electron chi connectivity index (χ3n) is 2.16. The van der Waals surface area contributed by atoms with Crippen LogP contribution in [0.3, 0.4) is 0 Å². The number of nitrogens with two attached hydrogens (primary N) is 1. The molecule has 0 saturated heterocycles. The molecule has 1 rings (SSSR count). The number of imidazole rings is 1. The van der Waals surface area contributed by atoms with E-state index in [1.54, 1.807) is 30.8 Å². The SMILES string of the molecule is CC(N)C(C)(O)c1nccn1C. The first-order chi connectivity index (χ1) is 5.46. The topological polar surface area (TPSA) is 64.1 Å². The van der Waals surface area contributed by atoms with Gasteiger partial charge < -0.3 is 15.4 Å². The number of nitrogens with zero attached hydrogens (tertiary/aromatic N) is 2. The molecule has 68 valence electrons. The second kappa shape index (κ2) is 2.88. The van der Waals surface area contributed by atoms with Gasteiger partial charge in [-0.3, -0.25) is 0 Å². The molecule has 1 heterocycles. The largest absolute Gasteiger partial charge is 0.381 e. The summed E-state index contributed by atoms with van der Waals surface area (Å²) in [5.41, 5.74) is 4.57. The Morgan fingerprint density at radius 2 is 2.33 bits per heavy atom. The summed E-state index contributed by atoms with van der Waals surface area (Å²) in [6, 6.07) is -0.335. The number of aliphatic hydroxyl groups is 1. The lowest BCUT2D eigenvalue weighted by Crippen LogP contribution is -2.42. The first kappa shape index (κ1) is 9.22. The van der Waals surface area contributed by atoms with Crippen molar-refractivity contribution in [2.75, 3.05) is 0 Å². The van der Waals surface area contributed by atoms with E-state index in [0.717, 1.165) is 0 Å². The minimum atomic E-state index is -1.06. The van der Waals surface area contributed by atoms with Gasteiger partial charge in [-0.2, -0.15) is 0 Å². The summed E-state index contributed by atoms with van der Waals surface area (Å²) in [4.78, 5) is 4.04. The van der Waals surface area contributed by atoms with E-state index in [-0.39, 0.29) is 6.04 Å². The number of aromatic nitrogens is 2. The lowest BCUT2D eigenvalue weighted by Gasteiger charge is -2.26. The fourth-order valence-corrected chi connectivity index (χ4v) is 1.06. The van der Waals surface area contributed by atoms with Crippen LogP contribution in [0, 0.1) is 0 Å². The van der Waals surface area contributed by atoms with Crippen molar-refractivity contribution < 1.29 is 5.11 Å². The van der Waals surface area contributed by atoms with Crippen molar-refractivity contribution in [1.82, 2.24) is 9.55 Å². The average Bonchev–Trinajstić information content (AvgIpc) is 2.35. The van der Waals surface area contributed by atoms with E-state index in [2.05, 4.69) is 4.98 Å². The molecule has 0 spiro atoms. The Balaban J connectivity index is 3.05. The van der Waals surface area contributed by atoms with Crippen molar-refractivity contribution in [3.8, 4) is 0 Å². The Kier molecular flexibility index (Phi) is 2.21. The zero-order valence-corrected chi connectivity index (χ0v) is 7.65. The Hall–Kier alpha value is -0.870. The molecule has 0 aliphatic heterocycles. The van der Waals surface area contributed by atoms with Crippen molar-refractivity contribution >= 4 is 0 Å². The maximum atomic E-state index is 9.92. The van der Waals surface area contributed by atoms with E-state index in [1.165, 1.54) is 0 Å². The number of aryl methyl sites for hydroxylation is 1. The van der Waals surface area contributed by atoms with Gasteiger partial charge in [-0.15, -0.1) is 0 Å². The lowest BCUT2D eigenvalue weighted by atomic mass is 9.98. The van der Waals surface area contributed by atoms with Gasteiger partial charge in [-0.1, -0.05) is 0 Å². The molecule has 0 fully saturated rings. The van der Waals surface area contributed by atoms with Gasteiger partial charge in [-0.25, -0.2) is 4.98 Å². The van der Waals surface area contributed by atoms with Crippen LogP contribution in [0.1, 0.15) is 19.7 Å². The Morgan fingerprint density at radius 1 is 1.75 bits per heavy atom. The maximum absolute atomic E-state index is 9.92. The van der Waals surface area contributed by atoms with E-state index < -0.39 is 5.60 Å². The van der Waals surface area contributed by atoms with Crippen LogP contribution < -0.4 is 5.73 Å². The van der Waals surface area contributed by atoms with Crippen LogP contribution in [-0.2, 0) is 12.6 Å². The molecule has 2 unspecified atom stereocenters. The molecule has 4 heteroatoms. The molecule has 0 aromatic carbocycles. The van der Waals surface area contributed by atoms with Crippen molar-refractivity contribution in [2.45, 2.75) is 25.5 Å². The molecular formula is C8H15N3O. The molecule has 12 heavy (non-hydrogen) atoms. The van der Waals surface area contributed by atoms with Crippen LogP contribution in [0.4, 0.5) is 0 Å². The van der Waals surface area contributed by atoms with E-state index in [1.807, 2.05) is 7.05 Å². The van der Waals surface area contributed by atoms with Crippen LogP contribution in [-0.4, -0.2) is 20.7 Å². The van der Waals surface area contributed by atoms with Crippen LogP contribution in [0.25, 0.3) is 0 Å². The highest BCUT2D eigenvalue weighted by atomic mass is 16.3. The van der Waals surface area contributed by atoms with Gasteiger partial charge in [0.2, 0.25) is 0 Å². The monoisotopic (exact) mass is 169 g/mol. The minimum absolute atomic E-state index is 0.335. The fourth-order valence-electron chi connectivity index (χ4n) is 1.06. The first-order valence-corrected chi connectivity index (χ1v) is 3.92. The number of rotatable bonds is 2. The van der Waals surface area contributed by atoms with Crippen LogP contribution >= 0.6 is 0 Å². The van der Waals surface area contributed by atoms with Gasteiger partial charge in [0.15, 0.2) is 0 Å². The molecule has 1 aromatic rings. The molecule has 0 bridgehead atoms. The predicted octanol–water partition coefficient (Wildman–Crippen LogP) is -0.0252. The molecule has 0 amide bonds. The summed E-state index contributed by atoms with van der Waals surface area (Å²) in [6.07, 6.45) is 3.43. The zero-order chi connectivity index (χ0) is 9.35. The molecule has 1 aromatic heterocycles. The quantitative estimate of drug-likeness (QED) is 0.653. The predicted molar refractivity (Wildman–Crippen MR) is 46.4 cm³/mol. The second-order valence-corrected chi connectivity index (χ2v) is 3.30. The summed E-state index contributed by atoms with van der Waals surface area (Å²) in [5.74, 6) is 0.595. The van der Waals surface area contributed by atoms with E-state index >= 15 is 0 Å². The third kappa shape index (κ3) is 1.35. The van der Waals surface area contributed by atoms with E-state index in [0.29, 0.717) is 5.82 Å². The van der Waals surface area contributed by atoms with Crippen molar-refractivity contribution in [2.24, 2.45) is 12.8 Å². The van der Waals surface area contributed by atoms with Crippen LogP contribution in [0.15, 0.2) is 12.4 Å². The van der Waals surface area contributed by atoms with Crippen LogP contribution in [0.2, 0.25) is 0 Å². The molecule has 4 nitrogen and oxygen atoms in total. The van der Waals surface area contributed by atoms with Gasteiger partial charge in [0.1, 0.15) is 11.4 Å². The third-order valence-corrected chi connectivity index (χ3v) is 2.16. The van der Waals surface area contributed by atoms with Crippen LogP contribution in [0.5, 0.6) is 0 Å². The molecule has 0 radical (unpaired) electrons. The van der Waals surface area contributed by atoms with E-state index in [4.69, 9.17) is 5.73 Å². The number of hydrogen-bond acceptors (Lipinski definition) is 3. The van der Waals surface area contributed by atoms with Gasteiger partial charge in [-0.05, 0) is 13.8 Å². The van der Waals surface area contributed by atoms with Gasteiger partial charge in [0, 0.05) is 25.5 Å². The fraction of sp³-hybridized carbons (Fsp3) is 0.625. The highest BCUT2D eigenvalue weighted by Crippen LogP contribution is 2.20. The zero-order valence-electron chi connectivity index (χ0n) is 7.65. The molecule has 0 aliphatic carbocycles. The Bertz CT molecular complexity index is 265. The summed E-state index contributed by atoms with van der Waals surface area (Å²) in [5, 5.41) is 9.92. The minimum Gasteiger partial charge on any atom is -0.381 e. The summed E-state index contributed by atoms with van der Waals surface area (Å²) >= 11 is 0. The molecule has 0 saturated carbocycles. The number of hydrogen-bond donors (Lipinski definition) is 2. The molecule has 2 atom stereocenters. The summed E-state index contributed by atoms with van der Waals surface area (Å²) in [7, 11) is 1.83.